The van der Waals surface area contributed by atoms with Crippen LogP contribution in [0.15, 0.2) is 63.1 Å². The van der Waals surface area contributed by atoms with Crippen molar-refractivity contribution >= 4 is 33.7 Å². The molecule has 6 nitrogen and oxygen atoms in total. The Kier molecular flexibility index (Phi) is 5.95. The molecule has 0 unspecified atom stereocenters. The van der Waals surface area contributed by atoms with Crippen LogP contribution in [0, 0.1) is 0 Å². The molecule has 0 aliphatic carbocycles. The van der Waals surface area contributed by atoms with Gasteiger partial charge in [0.1, 0.15) is 5.76 Å². The standard InChI is InChI=1S/C18H16BrN3O3S/c1-3-10-22-16(12-4-6-13(19)7-5-12)20-21-18(22)26-11-14-8-9-15(25-14)17(23)24-2/h3-9H,1,10-11H2,2H3. The summed E-state index contributed by atoms with van der Waals surface area (Å²) in [4.78, 5) is 11.5. The molecule has 0 radical (unpaired) electrons. The summed E-state index contributed by atoms with van der Waals surface area (Å²) >= 11 is 4.91. The molecule has 3 aromatic rings. The highest BCUT2D eigenvalue weighted by atomic mass is 79.9. The van der Waals surface area contributed by atoms with Crippen LogP contribution < -0.4 is 0 Å². The van der Waals surface area contributed by atoms with Gasteiger partial charge >= 0.3 is 5.97 Å². The quantitative estimate of drug-likeness (QED) is 0.308. The van der Waals surface area contributed by atoms with E-state index in [1.807, 2.05) is 28.8 Å². The van der Waals surface area contributed by atoms with Gasteiger partial charge in [-0.15, -0.1) is 16.8 Å². The van der Waals surface area contributed by atoms with Gasteiger partial charge in [-0.25, -0.2) is 4.79 Å². The highest BCUT2D eigenvalue weighted by molar-refractivity contribution is 9.10. The van der Waals surface area contributed by atoms with Gasteiger partial charge in [-0.3, -0.25) is 4.57 Å². The van der Waals surface area contributed by atoms with Gasteiger partial charge in [0, 0.05) is 16.6 Å². The Labute approximate surface area is 163 Å². The van der Waals surface area contributed by atoms with Crippen molar-refractivity contribution in [1.82, 2.24) is 14.8 Å². The van der Waals surface area contributed by atoms with Crippen LogP contribution in [0.25, 0.3) is 11.4 Å². The number of methoxy groups -OCH3 is 1. The molecule has 8 heteroatoms. The lowest BCUT2D eigenvalue weighted by atomic mass is 10.2. The summed E-state index contributed by atoms with van der Waals surface area (Å²) in [5.74, 6) is 1.65. The van der Waals surface area contributed by atoms with E-state index in [0.717, 1.165) is 21.0 Å². The van der Waals surface area contributed by atoms with Gasteiger partial charge in [-0.1, -0.05) is 45.9 Å². The minimum atomic E-state index is -0.492. The number of rotatable bonds is 7. The maximum atomic E-state index is 11.5. The van der Waals surface area contributed by atoms with Crippen LogP contribution in [0.5, 0.6) is 0 Å². The summed E-state index contributed by atoms with van der Waals surface area (Å²) in [5, 5.41) is 9.36. The molecule has 0 saturated carbocycles. The van der Waals surface area contributed by atoms with E-state index < -0.39 is 5.97 Å². The number of benzene rings is 1. The van der Waals surface area contributed by atoms with E-state index in [2.05, 4.69) is 37.4 Å². The summed E-state index contributed by atoms with van der Waals surface area (Å²) < 4.78 is 13.1. The second kappa shape index (κ2) is 8.37. The van der Waals surface area contributed by atoms with Crippen molar-refractivity contribution in [3.63, 3.8) is 0 Å². The fourth-order valence-electron chi connectivity index (χ4n) is 2.30. The van der Waals surface area contributed by atoms with Crippen LogP contribution in [-0.4, -0.2) is 27.8 Å². The topological polar surface area (TPSA) is 70.2 Å². The molecule has 2 heterocycles. The number of aromatic nitrogens is 3. The van der Waals surface area contributed by atoms with Gasteiger partial charge < -0.3 is 9.15 Å². The lowest BCUT2D eigenvalue weighted by Crippen LogP contribution is -2.00. The van der Waals surface area contributed by atoms with Crippen molar-refractivity contribution in [1.29, 1.82) is 0 Å². The van der Waals surface area contributed by atoms with Crippen LogP contribution in [0.1, 0.15) is 16.3 Å². The van der Waals surface area contributed by atoms with Gasteiger partial charge in [-0.05, 0) is 24.3 Å². The molecular formula is C18H16BrN3O3S. The molecule has 0 saturated heterocycles. The SMILES string of the molecule is C=CCn1c(SCc2ccc(C(=O)OC)o2)nnc1-c1ccc(Br)cc1. The number of thioether (sulfide) groups is 1. The van der Waals surface area contributed by atoms with Crippen molar-refractivity contribution in [3.05, 3.63) is 65.0 Å². The number of hydrogen-bond acceptors (Lipinski definition) is 6. The van der Waals surface area contributed by atoms with Crippen LogP contribution in [0.2, 0.25) is 0 Å². The Balaban J connectivity index is 1.79. The lowest BCUT2D eigenvalue weighted by molar-refractivity contribution is 0.0563. The lowest BCUT2D eigenvalue weighted by Gasteiger charge is -2.07. The summed E-state index contributed by atoms with van der Waals surface area (Å²) in [6.45, 7) is 4.40. The van der Waals surface area contributed by atoms with E-state index in [9.17, 15) is 4.79 Å². The fraction of sp³-hybridized carbons (Fsp3) is 0.167. The first-order valence-corrected chi connectivity index (χ1v) is 9.50. The number of nitrogens with zero attached hydrogens (tertiary/aromatic N) is 3. The van der Waals surface area contributed by atoms with E-state index in [1.165, 1.54) is 18.9 Å². The third kappa shape index (κ3) is 4.08. The molecule has 0 bridgehead atoms. The van der Waals surface area contributed by atoms with Crippen LogP contribution in [0.3, 0.4) is 0 Å². The Bertz CT molecular complexity index is 918. The number of carbonyl (C=O) groups is 1. The first kappa shape index (κ1) is 18.5. The molecule has 26 heavy (non-hydrogen) atoms. The number of esters is 1. The van der Waals surface area contributed by atoms with Crippen molar-refractivity contribution in [2.24, 2.45) is 0 Å². The number of carbonyl (C=O) groups excluding carboxylic acids is 1. The second-order valence-electron chi connectivity index (χ2n) is 5.26. The average Bonchev–Trinajstić information content (AvgIpc) is 3.28. The molecule has 134 valence electrons. The predicted octanol–water partition coefficient (Wildman–Crippen LogP) is 4.57. The molecule has 0 spiro atoms. The zero-order valence-electron chi connectivity index (χ0n) is 14.0. The van der Waals surface area contributed by atoms with Gasteiger partial charge in [0.05, 0.1) is 12.9 Å². The van der Waals surface area contributed by atoms with Gasteiger partial charge in [0.15, 0.2) is 11.0 Å². The summed E-state index contributed by atoms with van der Waals surface area (Å²) in [6.07, 6.45) is 1.80. The maximum absolute atomic E-state index is 11.5. The molecule has 0 atom stereocenters. The molecule has 0 amide bonds. The molecule has 0 fully saturated rings. The molecule has 1 aromatic carbocycles. The Morgan fingerprint density at radius 1 is 1.31 bits per heavy atom. The van der Waals surface area contributed by atoms with Crippen molar-refractivity contribution in [2.45, 2.75) is 17.5 Å². The first-order chi connectivity index (χ1) is 12.6. The molecule has 2 aromatic heterocycles. The highest BCUT2D eigenvalue weighted by Gasteiger charge is 2.16. The zero-order valence-corrected chi connectivity index (χ0v) is 16.4. The third-order valence-corrected chi connectivity index (χ3v) is 5.04. The van der Waals surface area contributed by atoms with E-state index in [0.29, 0.717) is 18.1 Å². The monoisotopic (exact) mass is 433 g/mol. The smallest absolute Gasteiger partial charge is 0.373 e. The summed E-state index contributed by atoms with van der Waals surface area (Å²) in [7, 11) is 1.32. The van der Waals surface area contributed by atoms with Gasteiger partial charge in [0.25, 0.3) is 0 Å². The van der Waals surface area contributed by atoms with Crippen LogP contribution in [0.4, 0.5) is 0 Å². The predicted molar refractivity (Wildman–Crippen MR) is 103 cm³/mol. The molecule has 0 N–H and O–H groups in total. The molecular weight excluding hydrogens is 418 g/mol. The highest BCUT2D eigenvalue weighted by Crippen LogP contribution is 2.28. The number of ether oxygens (including phenoxy) is 1. The number of hydrogen-bond donors (Lipinski definition) is 0. The van der Waals surface area contributed by atoms with E-state index in [4.69, 9.17) is 4.42 Å². The van der Waals surface area contributed by atoms with Crippen molar-refractivity contribution < 1.29 is 13.9 Å². The van der Waals surface area contributed by atoms with Crippen LogP contribution in [-0.2, 0) is 17.0 Å². The normalized spacial score (nSPS) is 10.7. The van der Waals surface area contributed by atoms with Gasteiger partial charge in [0.2, 0.25) is 5.76 Å². The number of allylic oxidation sites excluding steroid dienone is 1. The Hall–Kier alpha value is -2.32. The number of halogens is 1. The minimum absolute atomic E-state index is 0.186. The van der Waals surface area contributed by atoms with E-state index in [-0.39, 0.29) is 5.76 Å². The number of furan rings is 1. The fourth-order valence-corrected chi connectivity index (χ4v) is 3.41. The molecule has 0 aliphatic rings. The van der Waals surface area contributed by atoms with Crippen molar-refractivity contribution in [3.8, 4) is 11.4 Å². The largest absolute Gasteiger partial charge is 0.463 e. The van der Waals surface area contributed by atoms with E-state index >= 15 is 0 Å². The summed E-state index contributed by atoms with van der Waals surface area (Å²) in [5.41, 5.74) is 0.973. The average molecular weight is 434 g/mol. The molecule has 0 aliphatic heterocycles. The summed E-state index contributed by atoms with van der Waals surface area (Å²) in [6, 6.07) is 11.2. The first-order valence-electron chi connectivity index (χ1n) is 7.72. The second-order valence-corrected chi connectivity index (χ2v) is 7.12. The van der Waals surface area contributed by atoms with Gasteiger partial charge in [-0.2, -0.15) is 0 Å². The van der Waals surface area contributed by atoms with E-state index in [1.54, 1.807) is 18.2 Å². The maximum Gasteiger partial charge on any atom is 0.373 e. The van der Waals surface area contributed by atoms with Crippen LogP contribution >= 0.6 is 27.7 Å². The molecule has 3 rings (SSSR count). The minimum Gasteiger partial charge on any atom is -0.463 e. The Morgan fingerprint density at radius 2 is 2.08 bits per heavy atom. The van der Waals surface area contributed by atoms with Crippen molar-refractivity contribution in [2.75, 3.05) is 7.11 Å². The Morgan fingerprint density at radius 3 is 2.77 bits per heavy atom. The third-order valence-electron chi connectivity index (χ3n) is 3.52. The zero-order chi connectivity index (χ0) is 18.5.